The first-order chi connectivity index (χ1) is 6.13. The maximum atomic E-state index is 9.13. The van der Waals surface area contributed by atoms with E-state index in [4.69, 9.17) is 27.9 Å². The van der Waals surface area contributed by atoms with Crippen LogP contribution < -0.4 is 5.73 Å². The minimum absolute atomic E-state index is 0.0637. The largest absolute Gasteiger partial charge is 0.506 e. The van der Waals surface area contributed by atoms with Crippen molar-refractivity contribution in [1.82, 2.24) is 0 Å². The predicted molar refractivity (Wildman–Crippen MR) is 53.6 cm³/mol. The Kier molecular flexibility index (Phi) is 3.28. The number of phenols is 1. The Morgan fingerprint density at radius 3 is 2.85 bits per heavy atom. The van der Waals surface area contributed by atoms with Gasteiger partial charge in [-0.05, 0) is 24.1 Å². The topological polar surface area (TPSA) is 70.1 Å². The molecule has 0 saturated heterocycles. The van der Waals surface area contributed by atoms with E-state index in [1.54, 1.807) is 12.1 Å². The van der Waals surface area contributed by atoms with Crippen molar-refractivity contribution in [2.75, 3.05) is 0 Å². The van der Waals surface area contributed by atoms with Gasteiger partial charge in [0.2, 0.25) is 0 Å². The fourth-order valence-electron chi connectivity index (χ4n) is 1.01. The monoisotopic (exact) mass is 198 g/mol. The van der Waals surface area contributed by atoms with Gasteiger partial charge < -0.3 is 16.2 Å². The number of rotatable bonds is 3. The highest BCUT2D eigenvalue weighted by Gasteiger charge is 2.03. The average molecular weight is 199 g/mol. The Balaban J connectivity index is 2.79. The fraction of sp³-hybridized carbons (Fsp3) is 0.222. The molecule has 0 bridgehead atoms. The van der Waals surface area contributed by atoms with Crippen LogP contribution in [0.2, 0.25) is 5.02 Å². The number of phenolic OH excluding ortho intramolecular Hbond substituents is 1. The van der Waals surface area contributed by atoms with Crippen LogP contribution >= 0.6 is 11.6 Å². The van der Waals surface area contributed by atoms with Crippen molar-refractivity contribution in [2.45, 2.75) is 12.5 Å². The van der Waals surface area contributed by atoms with E-state index in [9.17, 15) is 0 Å². The van der Waals surface area contributed by atoms with Crippen molar-refractivity contribution in [3.63, 3.8) is 0 Å². The molecule has 0 aliphatic rings. The Morgan fingerprint density at radius 1 is 1.62 bits per heavy atom. The first-order valence-electron chi connectivity index (χ1n) is 3.87. The van der Waals surface area contributed by atoms with Gasteiger partial charge in [-0.2, -0.15) is 0 Å². The lowest BCUT2D eigenvalue weighted by atomic mass is 10.1. The van der Waals surface area contributed by atoms with E-state index >= 15 is 0 Å². The van der Waals surface area contributed by atoms with Gasteiger partial charge in [0, 0.05) is 12.3 Å². The number of aromatic hydroxyl groups is 1. The van der Waals surface area contributed by atoms with Crippen molar-refractivity contribution < 1.29 is 5.11 Å². The molecule has 70 valence electrons. The predicted octanol–water partition coefficient (Wildman–Crippen LogP) is 1.56. The summed E-state index contributed by atoms with van der Waals surface area (Å²) in [5, 5.41) is 16.4. The molecule has 4 heteroatoms. The molecule has 0 fully saturated rings. The molecule has 0 heterocycles. The number of benzene rings is 1. The summed E-state index contributed by atoms with van der Waals surface area (Å²) in [4.78, 5) is 0. The second-order valence-electron chi connectivity index (χ2n) is 2.82. The molecule has 3 nitrogen and oxygen atoms in total. The summed E-state index contributed by atoms with van der Waals surface area (Å²) in [6, 6.07) is 4.62. The van der Waals surface area contributed by atoms with Crippen LogP contribution in [-0.4, -0.2) is 17.4 Å². The molecule has 0 radical (unpaired) electrons. The van der Waals surface area contributed by atoms with Crippen LogP contribution in [0.25, 0.3) is 0 Å². The molecular formula is C9H11ClN2O. The van der Waals surface area contributed by atoms with Crippen LogP contribution in [0.3, 0.4) is 0 Å². The second-order valence-corrected chi connectivity index (χ2v) is 3.23. The van der Waals surface area contributed by atoms with E-state index in [1.807, 2.05) is 0 Å². The maximum Gasteiger partial charge on any atom is 0.134 e. The zero-order valence-electron chi connectivity index (χ0n) is 7.00. The highest BCUT2D eigenvalue weighted by Crippen LogP contribution is 2.23. The Morgan fingerprint density at radius 2 is 2.31 bits per heavy atom. The van der Waals surface area contributed by atoms with Gasteiger partial charge in [0.05, 0.1) is 5.02 Å². The van der Waals surface area contributed by atoms with Crippen LogP contribution in [0.5, 0.6) is 5.75 Å². The van der Waals surface area contributed by atoms with Gasteiger partial charge in [-0.1, -0.05) is 17.7 Å². The summed E-state index contributed by atoms with van der Waals surface area (Å²) in [5.41, 5.74) is 6.46. The van der Waals surface area contributed by atoms with Crippen LogP contribution in [0.1, 0.15) is 5.56 Å². The third-order valence-electron chi connectivity index (χ3n) is 1.70. The minimum atomic E-state index is -0.291. The SMILES string of the molecule is N=CC(N)Cc1ccc(O)c(Cl)c1. The van der Waals surface area contributed by atoms with Crippen LogP contribution in [0.15, 0.2) is 18.2 Å². The van der Waals surface area contributed by atoms with Crippen molar-refractivity contribution in [2.24, 2.45) is 5.73 Å². The Bertz CT molecular complexity index is 314. The summed E-state index contributed by atoms with van der Waals surface area (Å²) < 4.78 is 0. The summed E-state index contributed by atoms with van der Waals surface area (Å²) in [5.74, 6) is 0.0637. The van der Waals surface area contributed by atoms with Gasteiger partial charge in [-0.15, -0.1) is 0 Å². The number of nitrogens with two attached hydrogens (primary N) is 1. The van der Waals surface area contributed by atoms with Crippen molar-refractivity contribution in [3.05, 3.63) is 28.8 Å². The molecule has 1 rings (SSSR count). The Hall–Kier alpha value is -1.06. The first kappa shape index (κ1) is 10.0. The lowest BCUT2D eigenvalue weighted by Gasteiger charge is -2.06. The summed E-state index contributed by atoms with van der Waals surface area (Å²) in [6.45, 7) is 0. The number of hydrogen-bond acceptors (Lipinski definition) is 3. The molecular weight excluding hydrogens is 188 g/mol. The zero-order chi connectivity index (χ0) is 9.84. The van der Waals surface area contributed by atoms with Crippen molar-refractivity contribution >= 4 is 17.8 Å². The Labute approximate surface area is 81.6 Å². The number of hydrogen-bond donors (Lipinski definition) is 3. The molecule has 0 spiro atoms. The summed E-state index contributed by atoms with van der Waals surface area (Å²) >= 11 is 5.69. The van der Waals surface area contributed by atoms with E-state index in [0.717, 1.165) is 5.56 Å². The maximum absolute atomic E-state index is 9.13. The molecule has 0 amide bonds. The lowest BCUT2D eigenvalue weighted by Crippen LogP contribution is -2.23. The standard InChI is InChI=1S/C9H11ClN2O/c10-8-4-6(1-2-9(8)13)3-7(12)5-11/h1-2,4-5,7,11,13H,3,12H2. The van der Waals surface area contributed by atoms with Crippen molar-refractivity contribution in [1.29, 1.82) is 5.41 Å². The first-order valence-corrected chi connectivity index (χ1v) is 4.25. The van der Waals surface area contributed by atoms with E-state index < -0.39 is 0 Å². The molecule has 1 aromatic carbocycles. The highest BCUT2D eigenvalue weighted by molar-refractivity contribution is 6.32. The molecule has 0 aliphatic carbocycles. The number of nitrogens with one attached hydrogen (secondary N) is 1. The van der Waals surface area contributed by atoms with E-state index in [1.165, 1.54) is 12.3 Å². The van der Waals surface area contributed by atoms with Crippen LogP contribution in [-0.2, 0) is 6.42 Å². The third-order valence-corrected chi connectivity index (χ3v) is 2.00. The van der Waals surface area contributed by atoms with E-state index in [-0.39, 0.29) is 11.8 Å². The van der Waals surface area contributed by atoms with Gasteiger partial charge in [0.25, 0.3) is 0 Å². The molecule has 0 aromatic heterocycles. The summed E-state index contributed by atoms with van der Waals surface area (Å²) in [6.07, 6.45) is 1.74. The molecule has 13 heavy (non-hydrogen) atoms. The van der Waals surface area contributed by atoms with Gasteiger partial charge in [-0.3, -0.25) is 0 Å². The van der Waals surface area contributed by atoms with E-state index in [0.29, 0.717) is 11.4 Å². The van der Waals surface area contributed by atoms with E-state index in [2.05, 4.69) is 0 Å². The highest BCUT2D eigenvalue weighted by atomic mass is 35.5. The van der Waals surface area contributed by atoms with Crippen molar-refractivity contribution in [3.8, 4) is 5.75 Å². The van der Waals surface area contributed by atoms with Gasteiger partial charge >= 0.3 is 0 Å². The van der Waals surface area contributed by atoms with Crippen LogP contribution in [0.4, 0.5) is 0 Å². The van der Waals surface area contributed by atoms with Crippen LogP contribution in [0, 0.1) is 5.41 Å². The quantitative estimate of drug-likeness (QED) is 0.646. The van der Waals surface area contributed by atoms with Gasteiger partial charge in [0.15, 0.2) is 0 Å². The third kappa shape index (κ3) is 2.72. The minimum Gasteiger partial charge on any atom is -0.506 e. The summed E-state index contributed by atoms with van der Waals surface area (Å²) in [7, 11) is 0. The molecule has 1 atom stereocenters. The lowest BCUT2D eigenvalue weighted by molar-refractivity contribution is 0.475. The zero-order valence-corrected chi connectivity index (χ0v) is 7.75. The second kappa shape index (κ2) is 4.25. The molecule has 0 saturated carbocycles. The molecule has 1 aromatic rings. The molecule has 1 unspecified atom stereocenters. The fourth-order valence-corrected chi connectivity index (χ4v) is 1.21. The van der Waals surface area contributed by atoms with Gasteiger partial charge in [0.1, 0.15) is 5.75 Å². The molecule has 0 aliphatic heterocycles. The van der Waals surface area contributed by atoms with Gasteiger partial charge in [-0.25, -0.2) is 0 Å². The molecule has 4 N–H and O–H groups in total. The normalized spacial score (nSPS) is 12.5. The number of halogens is 1. The smallest absolute Gasteiger partial charge is 0.134 e. The average Bonchev–Trinajstić information content (AvgIpc) is 2.11.